The summed E-state index contributed by atoms with van der Waals surface area (Å²) in [6.07, 6.45) is 8.27. The highest BCUT2D eigenvalue weighted by Gasteiger charge is 2.35. The smallest absolute Gasteiger partial charge is 0.236 e. The van der Waals surface area contributed by atoms with Gasteiger partial charge in [-0.25, -0.2) is 0 Å². The number of amides is 2. The minimum atomic E-state index is -0.396. The number of carbonyl (C=O) groups excluding carboxylic acids is 2. The number of hydrogen-bond donors (Lipinski definition) is 1. The van der Waals surface area contributed by atoms with E-state index in [0.29, 0.717) is 58.1 Å². The number of nitrogens with zero attached hydrogens (tertiary/aromatic N) is 3. The van der Waals surface area contributed by atoms with Crippen molar-refractivity contribution in [2.45, 2.75) is 44.8 Å². The topological polar surface area (TPSA) is 73.3 Å². The van der Waals surface area contributed by atoms with Crippen molar-refractivity contribution >= 4 is 11.8 Å². The summed E-state index contributed by atoms with van der Waals surface area (Å²) < 4.78 is 6.13. The fourth-order valence-corrected chi connectivity index (χ4v) is 5.58. The van der Waals surface area contributed by atoms with E-state index >= 15 is 0 Å². The van der Waals surface area contributed by atoms with Crippen molar-refractivity contribution in [2.75, 3.05) is 45.9 Å². The summed E-state index contributed by atoms with van der Waals surface area (Å²) in [5.74, 6) is 2.22. The Balaban J connectivity index is 1.32. The quantitative estimate of drug-likeness (QED) is 0.688. The number of likely N-dealkylation sites (tertiary alicyclic amines) is 1. The van der Waals surface area contributed by atoms with Crippen molar-refractivity contribution in [3.63, 3.8) is 0 Å². The average molecular weight is 468 g/mol. The molecule has 1 aromatic carbocycles. The van der Waals surface area contributed by atoms with Gasteiger partial charge in [-0.2, -0.15) is 0 Å². The number of β-amino-alcohol motifs (C(OH)–C–C–N with tert-alkyl or cyclic N) is 1. The second kappa shape index (κ2) is 10.5. The first-order chi connectivity index (χ1) is 16.5. The van der Waals surface area contributed by atoms with Crippen LogP contribution in [0.2, 0.25) is 0 Å². The molecule has 1 aromatic rings. The van der Waals surface area contributed by atoms with Crippen LogP contribution in [0.15, 0.2) is 36.4 Å². The molecule has 0 unspecified atom stereocenters. The number of fused-ring (bicyclic) bond motifs is 3. The van der Waals surface area contributed by atoms with Crippen LogP contribution in [-0.2, 0) is 16.1 Å². The minimum Gasteiger partial charge on any atom is -0.489 e. The molecule has 1 N–H and O–H groups in total. The Morgan fingerprint density at radius 2 is 1.91 bits per heavy atom. The molecule has 0 aromatic heterocycles. The van der Waals surface area contributed by atoms with Crippen molar-refractivity contribution in [1.82, 2.24) is 14.7 Å². The molecule has 1 aliphatic carbocycles. The number of piperidine rings is 1. The van der Waals surface area contributed by atoms with Gasteiger partial charge in [0.2, 0.25) is 11.8 Å². The van der Waals surface area contributed by atoms with Crippen molar-refractivity contribution in [2.24, 2.45) is 17.8 Å². The highest BCUT2D eigenvalue weighted by molar-refractivity contribution is 5.79. The van der Waals surface area contributed by atoms with Crippen molar-refractivity contribution in [1.29, 1.82) is 0 Å². The van der Waals surface area contributed by atoms with E-state index in [9.17, 15) is 14.7 Å². The molecular formula is C27H37N3O4. The van der Waals surface area contributed by atoms with Gasteiger partial charge < -0.3 is 19.6 Å². The highest BCUT2D eigenvalue weighted by Crippen LogP contribution is 2.32. The first-order valence-corrected chi connectivity index (χ1v) is 12.9. The lowest BCUT2D eigenvalue weighted by molar-refractivity contribution is -0.136. The first-order valence-electron chi connectivity index (χ1n) is 12.9. The molecule has 2 bridgehead atoms. The summed E-state index contributed by atoms with van der Waals surface area (Å²) in [5, 5.41) is 9.81. The number of carbonyl (C=O) groups is 2. The van der Waals surface area contributed by atoms with Crippen molar-refractivity contribution in [3.8, 4) is 5.75 Å². The van der Waals surface area contributed by atoms with E-state index in [2.05, 4.69) is 17.0 Å². The van der Waals surface area contributed by atoms with Crippen LogP contribution in [0, 0.1) is 17.8 Å². The Kier molecular flexibility index (Phi) is 7.21. The molecule has 2 saturated heterocycles. The van der Waals surface area contributed by atoms with Gasteiger partial charge in [0.05, 0.1) is 12.6 Å². The van der Waals surface area contributed by atoms with E-state index in [-0.39, 0.29) is 23.7 Å². The van der Waals surface area contributed by atoms with Gasteiger partial charge in [0.25, 0.3) is 0 Å². The second-order valence-corrected chi connectivity index (χ2v) is 10.5. The van der Waals surface area contributed by atoms with Gasteiger partial charge in [0.15, 0.2) is 0 Å². The molecular weight excluding hydrogens is 430 g/mol. The third-order valence-corrected chi connectivity index (χ3v) is 7.77. The van der Waals surface area contributed by atoms with E-state index in [1.807, 2.05) is 29.2 Å². The third kappa shape index (κ3) is 5.81. The fraction of sp³-hybridized carbons (Fsp3) is 0.630. The van der Waals surface area contributed by atoms with Gasteiger partial charge >= 0.3 is 0 Å². The average Bonchev–Trinajstić information content (AvgIpc) is 3.53. The molecule has 7 nitrogen and oxygen atoms in total. The SMILES string of the molecule is O=C(C[C@@H]1CCN2C[C@@H]1/C=C\COc1ccccc1CN(CC1CC1)CC2=O)N1CC[C@@H](O)C1. The van der Waals surface area contributed by atoms with Gasteiger partial charge in [-0.3, -0.25) is 14.5 Å². The van der Waals surface area contributed by atoms with Crippen LogP contribution >= 0.6 is 0 Å². The van der Waals surface area contributed by atoms with E-state index in [4.69, 9.17) is 4.74 Å². The maximum absolute atomic E-state index is 13.4. The van der Waals surface area contributed by atoms with Crippen molar-refractivity contribution in [3.05, 3.63) is 42.0 Å². The molecule has 3 heterocycles. The Morgan fingerprint density at radius 3 is 2.71 bits per heavy atom. The molecule has 34 heavy (non-hydrogen) atoms. The Labute approximate surface area is 202 Å². The lowest BCUT2D eigenvalue weighted by Gasteiger charge is -2.38. The summed E-state index contributed by atoms with van der Waals surface area (Å²) in [6.45, 7) is 5.02. The number of rotatable bonds is 4. The molecule has 2 amide bonds. The molecule has 5 rings (SSSR count). The monoisotopic (exact) mass is 467 g/mol. The predicted molar refractivity (Wildman–Crippen MR) is 129 cm³/mol. The first kappa shape index (κ1) is 23.4. The zero-order valence-corrected chi connectivity index (χ0v) is 20.0. The molecule has 0 spiro atoms. The minimum absolute atomic E-state index is 0.124. The molecule has 3 atom stereocenters. The van der Waals surface area contributed by atoms with Gasteiger partial charge in [-0.05, 0) is 49.5 Å². The van der Waals surface area contributed by atoms with E-state index < -0.39 is 6.10 Å². The second-order valence-electron chi connectivity index (χ2n) is 10.5. The maximum Gasteiger partial charge on any atom is 0.236 e. The lowest BCUT2D eigenvalue weighted by Crippen LogP contribution is -2.48. The number of aliphatic hydroxyl groups is 1. The standard InChI is InChI=1S/C27H37N3O4/c31-24-10-12-30(18-24)26(32)14-21-9-11-29-17-22(21)5-3-13-34-25-6-2-1-4-23(25)16-28(19-27(29)33)15-20-7-8-20/h1-6,20-22,24,31H,7-19H2/b5-3-/t21-,22-,24+/m0/s1. The highest BCUT2D eigenvalue weighted by atomic mass is 16.5. The Morgan fingerprint density at radius 1 is 1.06 bits per heavy atom. The molecule has 1 saturated carbocycles. The largest absolute Gasteiger partial charge is 0.489 e. The van der Waals surface area contributed by atoms with E-state index in [1.165, 1.54) is 12.8 Å². The Bertz CT molecular complexity index is 915. The van der Waals surface area contributed by atoms with Crippen LogP contribution in [0.4, 0.5) is 0 Å². The number of hydrogen-bond acceptors (Lipinski definition) is 5. The van der Waals surface area contributed by atoms with Crippen LogP contribution in [0.5, 0.6) is 5.75 Å². The predicted octanol–water partition coefficient (Wildman–Crippen LogP) is 2.30. The van der Waals surface area contributed by atoms with Gasteiger partial charge in [0.1, 0.15) is 12.4 Å². The molecule has 184 valence electrons. The lowest BCUT2D eigenvalue weighted by atomic mass is 9.82. The number of aliphatic hydroxyl groups excluding tert-OH is 1. The Hall–Kier alpha value is -2.38. The third-order valence-electron chi connectivity index (χ3n) is 7.77. The number of para-hydroxylation sites is 1. The fourth-order valence-electron chi connectivity index (χ4n) is 5.58. The molecule has 4 aliphatic rings. The van der Waals surface area contributed by atoms with Crippen LogP contribution in [-0.4, -0.2) is 83.6 Å². The molecule has 3 aliphatic heterocycles. The summed E-state index contributed by atoms with van der Waals surface area (Å²) in [4.78, 5) is 32.3. The summed E-state index contributed by atoms with van der Waals surface area (Å²) in [7, 11) is 0. The van der Waals surface area contributed by atoms with Crippen LogP contribution < -0.4 is 4.74 Å². The summed E-state index contributed by atoms with van der Waals surface area (Å²) >= 11 is 0. The van der Waals surface area contributed by atoms with E-state index in [0.717, 1.165) is 30.8 Å². The zero-order valence-electron chi connectivity index (χ0n) is 20.0. The normalized spacial score (nSPS) is 29.4. The van der Waals surface area contributed by atoms with Gasteiger partial charge in [0, 0.05) is 51.3 Å². The summed E-state index contributed by atoms with van der Waals surface area (Å²) in [5.41, 5.74) is 1.12. The van der Waals surface area contributed by atoms with Crippen molar-refractivity contribution < 1.29 is 19.4 Å². The van der Waals surface area contributed by atoms with Gasteiger partial charge in [-0.1, -0.05) is 30.4 Å². The molecule has 3 fully saturated rings. The number of benzene rings is 1. The number of ether oxygens (including phenoxy) is 1. The van der Waals surface area contributed by atoms with Crippen LogP contribution in [0.25, 0.3) is 0 Å². The maximum atomic E-state index is 13.4. The van der Waals surface area contributed by atoms with E-state index in [1.54, 1.807) is 4.90 Å². The van der Waals surface area contributed by atoms with Gasteiger partial charge in [-0.15, -0.1) is 0 Å². The zero-order chi connectivity index (χ0) is 23.5. The molecule has 7 heteroatoms. The summed E-state index contributed by atoms with van der Waals surface area (Å²) in [6, 6.07) is 8.13. The van der Waals surface area contributed by atoms with Crippen LogP contribution in [0.1, 0.15) is 37.7 Å². The molecule has 0 radical (unpaired) electrons. The van der Waals surface area contributed by atoms with Crippen LogP contribution in [0.3, 0.4) is 0 Å².